The van der Waals surface area contributed by atoms with Crippen LogP contribution in [0.2, 0.25) is 0 Å². The van der Waals surface area contributed by atoms with Crippen LogP contribution in [0, 0.1) is 0 Å². The smallest absolute Gasteiger partial charge is 0.254 e. The molecule has 0 bridgehead atoms. The molecule has 1 fully saturated rings. The van der Waals surface area contributed by atoms with Gasteiger partial charge in [-0.2, -0.15) is 4.31 Å². The second-order valence-corrected chi connectivity index (χ2v) is 13.1. The quantitative estimate of drug-likeness (QED) is 0.388. The molecule has 2 N–H and O–H groups in total. The zero-order valence-corrected chi connectivity index (χ0v) is 22.6. The van der Waals surface area contributed by atoms with E-state index in [-0.39, 0.29) is 12.5 Å². The highest BCUT2D eigenvalue weighted by Crippen LogP contribution is 2.50. The van der Waals surface area contributed by atoms with E-state index in [0.29, 0.717) is 48.0 Å². The maximum atomic E-state index is 13.8. The molecule has 2 aromatic heterocycles. The van der Waals surface area contributed by atoms with Gasteiger partial charge in [-0.3, -0.25) is 4.79 Å². The highest BCUT2D eigenvalue weighted by Gasteiger charge is 2.50. The number of hydrogen-bond acceptors (Lipinski definition) is 6. The lowest BCUT2D eigenvalue weighted by molar-refractivity contribution is 0.0387. The minimum Gasteiger partial charge on any atom is -0.497 e. The molecule has 2 aromatic carbocycles. The molecule has 0 unspecified atom stereocenters. The number of aliphatic hydroxyl groups is 1. The summed E-state index contributed by atoms with van der Waals surface area (Å²) in [6.07, 6.45) is 1.11. The number of nitrogens with one attached hydrogen (secondary N) is 1. The number of methoxy groups -OCH3 is 1. The molecule has 10 heteroatoms. The summed E-state index contributed by atoms with van der Waals surface area (Å²) in [6.45, 7) is 0.856. The van der Waals surface area contributed by atoms with Crippen molar-refractivity contribution in [2.75, 3.05) is 33.4 Å². The van der Waals surface area contributed by atoms with Gasteiger partial charge in [-0.15, -0.1) is 11.3 Å². The Morgan fingerprint density at radius 1 is 1.13 bits per heavy atom. The predicted molar refractivity (Wildman–Crippen MR) is 146 cm³/mol. The molecule has 0 saturated carbocycles. The minimum atomic E-state index is -3.57. The minimum absolute atomic E-state index is 0.153. The Morgan fingerprint density at radius 3 is 2.55 bits per heavy atom. The summed E-state index contributed by atoms with van der Waals surface area (Å²) in [7, 11) is -1.95. The third-order valence-electron chi connectivity index (χ3n) is 7.97. The number of H-pyrrole nitrogens is 1. The van der Waals surface area contributed by atoms with E-state index in [1.54, 1.807) is 46.0 Å². The number of carbonyl (C=O) groups excluding carboxylic acids is 1. The van der Waals surface area contributed by atoms with Crippen molar-refractivity contribution in [2.24, 2.45) is 0 Å². The average molecular weight is 552 g/mol. The number of fused-ring (bicyclic) bond motifs is 4. The molecule has 2 aliphatic heterocycles. The fraction of sp³-hybridized carbons (Fsp3) is 0.321. The molecule has 4 aromatic rings. The number of hydrogen-bond donors (Lipinski definition) is 2. The van der Waals surface area contributed by atoms with Crippen LogP contribution in [0.15, 0.2) is 70.3 Å². The first-order valence-electron chi connectivity index (χ1n) is 12.6. The molecular weight excluding hydrogens is 522 g/mol. The van der Waals surface area contributed by atoms with Gasteiger partial charge in [-0.05, 0) is 54.1 Å². The summed E-state index contributed by atoms with van der Waals surface area (Å²) < 4.78 is 33.9. The summed E-state index contributed by atoms with van der Waals surface area (Å²) >= 11 is 1.22. The summed E-state index contributed by atoms with van der Waals surface area (Å²) in [5, 5.41) is 13.3. The molecule has 8 nitrogen and oxygen atoms in total. The first-order chi connectivity index (χ1) is 18.4. The van der Waals surface area contributed by atoms with Gasteiger partial charge < -0.3 is 19.7 Å². The number of ether oxygens (including phenoxy) is 1. The molecule has 38 heavy (non-hydrogen) atoms. The second kappa shape index (κ2) is 9.53. The van der Waals surface area contributed by atoms with Crippen LogP contribution >= 0.6 is 11.3 Å². The predicted octanol–water partition coefficient (Wildman–Crippen LogP) is 4.15. The zero-order chi connectivity index (χ0) is 26.5. The topological polar surface area (TPSA) is 103 Å². The van der Waals surface area contributed by atoms with Crippen LogP contribution in [0.1, 0.15) is 40.5 Å². The Morgan fingerprint density at radius 2 is 1.89 bits per heavy atom. The van der Waals surface area contributed by atoms with E-state index in [1.807, 2.05) is 36.4 Å². The molecule has 0 aliphatic carbocycles. The number of piperidine rings is 1. The Bertz CT molecular complexity index is 1570. The highest BCUT2D eigenvalue weighted by atomic mass is 32.2. The molecule has 2 aliphatic rings. The van der Waals surface area contributed by atoms with Crippen molar-refractivity contribution in [1.29, 1.82) is 0 Å². The number of amides is 1. The molecule has 4 heterocycles. The van der Waals surface area contributed by atoms with Crippen molar-refractivity contribution in [3.05, 3.63) is 82.9 Å². The van der Waals surface area contributed by atoms with Crippen molar-refractivity contribution in [3.63, 3.8) is 0 Å². The molecule has 1 atom stereocenters. The van der Waals surface area contributed by atoms with Crippen molar-refractivity contribution in [1.82, 2.24) is 14.2 Å². The van der Waals surface area contributed by atoms with Gasteiger partial charge in [0, 0.05) is 53.3 Å². The van der Waals surface area contributed by atoms with Gasteiger partial charge in [0.15, 0.2) is 0 Å². The SMILES string of the molecule is COc1ccc2c3c([nH]c2c1)[C@@H](CO)N(C(=O)c1ccccc1)CC31CCN(S(=O)(=O)c2cccs2)CC1. The second-order valence-electron chi connectivity index (χ2n) is 9.94. The van der Waals surface area contributed by atoms with Gasteiger partial charge in [0.1, 0.15) is 9.96 Å². The third kappa shape index (κ3) is 3.94. The molecule has 198 valence electrons. The number of aromatic amines is 1. The highest BCUT2D eigenvalue weighted by molar-refractivity contribution is 7.91. The molecule has 0 radical (unpaired) electrons. The lowest BCUT2D eigenvalue weighted by Gasteiger charge is -2.50. The van der Waals surface area contributed by atoms with Gasteiger partial charge in [0.05, 0.1) is 19.8 Å². The Kier molecular flexibility index (Phi) is 6.30. The summed E-state index contributed by atoms with van der Waals surface area (Å²) in [6, 6.07) is 17.8. The maximum Gasteiger partial charge on any atom is 0.254 e. The van der Waals surface area contributed by atoms with Gasteiger partial charge >= 0.3 is 0 Å². The van der Waals surface area contributed by atoms with Crippen molar-refractivity contribution < 1.29 is 23.1 Å². The van der Waals surface area contributed by atoms with Crippen molar-refractivity contribution >= 4 is 38.2 Å². The van der Waals surface area contributed by atoms with E-state index >= 15 is 0 Å². The number of carbonyl (C=O) groups is 1. The van der Waals surface area contributed by atoms with Crippen LogP contribution in [0.3, 0.4) is 0 Å². The van der Waals surface area contributed by atoms with Gasteiger partial charge in [-0.1, -0.05) is 24.3 Å². The van der Waals surface area contributed by atoms with Crippen LogP contribution in [0.4, 0.5) is 0 Å². The van der Waals surface area contributed by atoms with Crippen molar-refractivity contribution in [2.45, 2.75) is 28.5 Å². The Balaban J connectivity index is 1.45. The summed E-state index contributed by atoms with van der Waals surface area (Å²) in [5.41, 5.74) is 2.83. The van der Waals surface area contributed by atoms with E-state index in [0.717, 1.165) is 22.2 Å². The van der Waals surface area contributed by atoms with E-state index in [1.165, 1.54) is 11.3 Å². The number of nitrogens with zero attached hydrogens (tertiary/aromatic N) is 2. The van der Waals surface area contributed by atoms with E-state index in [9.17, 15) is 18.3 Å². The average Bonchev–Trinajstić information content (AvgIpc) is 3.62. The third-order valence-corrected chi connectivity index (χ3v) is 11.2. The number of aliphatic hydroxyl groups excluding tert-OH is 1. The number of thiophene rings is 1. The molecule has 1 spiro atoms. The van der Waals surface area contributed by atoms with Crippen LogP contribution in [-0.2, 0) is 15.4 Å². The van der Waals surface area contributed by atoms with Gasteiger partial charge in [-0.25, -0.2) is 8.42 Å². The monoisotopic (exact) mass is 551 g/mol. The van der Waals surface area contributed by atoms with Crippen LogP contribution < -0.4 is 4.74 Å². The largest absolute Gasteiger partial charge is 0.497 e. The van der Waals surface area contributed by atoms with E-state index in [4.69, 9.17) is 4.74 Å². The first-order valence-corrected chi connectivity index (χ1v) is 14.9. The summed E-state index contributed by atoms with van der Waals surface area (Å²) in [5.74, 6) is 0.555. The van der Waals surface area contributed by atoms with Gasteiger partial charge in [0.2, 0.25) is 0 Å². The summed E-state index contributed by atoms with van der Waals surface area (Å²) in [4.78, 5) is 19.0. The van der Waals surface area contributed by atoms with Crippen LogP contribution in [0.5, 0.6) is 5.75 Å². The molecular formula is C28H29N3O5S2. The number of aromatic nitrogens is 1. The Hall–Kier alpha value is -3.18. The first kappa shape index (κ1) is 25.1. The standard InChI is InChI=1S/C28H29N3O5S2/c1-36-20-9-10-21-22(16-20)29-26-23(17-32)31(27(33)19-6-3-2-4-7-19)18-28(25(21)26)11-13-30(14-12-28)38(34,35)24-8-5-15-37-24/h2-10,15-16,23,29,32H,11-14,17-18H2,1H3/t23-/m1/s1. The molecule has 1 saturated heterocycles. The zero-order valence-electron chi connectivity index (χ0n) is 21.0. The van der Waals surface area contributed by atoms with E-state index in [2.05, 4.69) is 4.98 Å². The fourth-order valence-corrected chi connectivity index (χ4v) is 8.65. The van der Waals surface area contributed by atoms with Gasteiger partial charge in [0.25, 0.3) is 15.9 Å². The van der Waals surface area contributed by atoms with Crippen LogP contribution in [0.25, 0.3) is 10.9 Å². The number of benzene rings is 2. The fourth-order valence-electron chi connectivity index (χ4n) is 6.07. The molecule has 6 rings (SSSR count). The van der Waals surface area contributed by atoms with Crippen LogP contribution in [-0.4, -0.2) is 67.0 Å². The lowest BCUT2D eigenvalue weighted by atomic mass is 9.68. The number of sulfonamides is 1. The van der Waals surface area contributed by atoms with Crippen molar-refractivity contribution in [3.8, 4) is 5.75 Å². The van der Waals surface area contributed by atoms with E-state index < -0.39 is 21.5 Å². The normalized spacial score (nSPS) is 19.5. The Labute approximate surface area is 225 Å². The lowest BCUT2D eigenvalue weighted by Crippen LogP contribution is -2.55. The maximum absolute atomic E-state index is 13.8. The molecule has 1 amide bonds. The number of rotatable bonds is 5.